The molecule has 5 nitrogen and oxygen atoms in total. The zero-order chi connectivity index (χ0) is 15.1. The van der Waals surface area contributed by atoms with Crippen molar-refractivity contribution in [1.29, 1.82) is 0 Å². The number of para-hydroxylation sites is 1. The Bertz CT molecular complexity index is 943. The largest absolute Gasteiger partial charge is 0.497 e. The number of anilines is 3. The SMILES string of the molecule is COc1cc(N)c2nc(Nc3nc4ccccc4s3)sc2c1. The Morgan fingerprint density at radius 1 is 1.05 bits per heavy atom. The van der Waals surface area contributed by atoms with Crippen molar-refractivity contribution in [2.24, 2.45) is 0 Å². The number of nitrogens with zero attached hydrogens (tertiary/aromatic N) is 2. The zero-order valence-corrected chi connectivity index (χ0v) is 13.3. The molecule has 0 aliphatic rings. The summed E-state index contributed by atoms with van der Waals surface area (Å²) < 4.78 is 7.37. The van der Waals surface area contributed by atoms with Crippen LogP contribution >= 0.6 is 22.7 Å². The second-order valence-electron chi connectivity index (χ2n) is 4.69. The van der Waals surface area contributed by atoms with Crippen LogP contribution in [0, 0.1) is 0 Å². The monoisotopic (exact) mass is 328 g/mol. The van der Waals surface area contributed by atoms with Gasteiger partial charge in [-0.25, -0.2) is 9.97 Å². The first-order valence-electron chi connectivity index (χ1n) is 6.59. The molecule has 0 aliphatic carbocycles. The highest BCUT2D eigenvalue weighted by molar-refractivity contribution is 7.24. The van der Waals surface area contributed by atoms with Gasteiger partial charge in [0.2, 0.25) is 0 Å². The van der Waals surface area contributed by atoms with E-state index in [1.807, 2.05) is 24.3 Å². The lowest BCUT2D eigenvalue weighted by atomic mass is 10.3. The quantitative estimate of drug-likeness (QED) is 0.550. The maximum absolute atomic E-state index is 6.02. The molecular formula is C15H12N4OS2. The van der Waals surface area contributed by atoms with Crippen LogP contribution in [-0.2, 0) is 0 Å². The van der Waals surface area contributed by atoms with Crippen LogP contribution in [0.2, 0.25) is 0 Å². The van der Waals surface area contributed by atoms with Crippen LogP contribution < -0.4 is 15.8 Å². The maximum atomic E-state index is 6.02. The van der Waals surface area contributed by atoms with Gasteiger partial charge in [-0.3, -0.25) is 0 Å². The molecule has 0 amide bonds. The number of aromatic nitrogens is 2. The highest BCUT2D eigenvalue weighted by Crippen LogP contribution is 2.36. The molecule has 4 aromatic rings. The normalized spacial score (nSPS) is 11.1. The molecule has 0 saturated heterocycles. The van der Waals surface area contributed by atoms with Crippen LogP contribution in [0.1, 0.15) is 0 Å². The summed E-state index contributed by atoms with van der Waals surface area (Å²) in [5.41, 5.74) is 8.41. The Balaban J connectivity index is 1.73. The van der Waals surface area contributed by atoms with Crippen LogP contribution in [0.15, 0.2) is 36.4 Å². The molecule has 2 aromatic heterocycles. The Morgan fingerprint density at radius 3 is 2.64 bits per heavy atom. The summed E-state index contributed by atoms with van der Waals surface area (Å²) in [7, 11) is 1.63. The molecule has 2 heterocycles. The number of nitrogens with one attached hydrogen (secondary N) is 1. The van der Waals surface area contributed by atoms with Gasteiger partial charge in [-0.05, 0) is 18.2 Å². The lowest BCUT2D eigenvalue weighted by Gasteiger charge is -2.00. The topological polar surface area (TPSA) is 73.1 Å². The minimum atomic E-state index is 0.614. The maximum Gasteiger partial charge on any atom is 0.190 e. The molecular weight excluding hydrogens is 316 g/mol. The predicted octanol–water partition coefficient (Wildman–Crippen LogP) is 4.24. The van der Waals surface area contributed by atoms with Gasteiger partial charge in [-0.1, -0.05) is 34.8 Å². The predicted molar refractivity (Wildman–Crippen MR) is 93.5 cm³/mol. The van der Waals surface area contributed by atoms with Gasteiger partial charge >= 0.3 is 0 Å². The smallest absolute Gasteiger partial charge is 0.190 e. The molecule has 0 aliphatic heterocycles. The van der Waals surface area contributed by atoms with E-state index in [1.165, 1.54) is 11.3 Å². The van der Waals surface area contributed by atoms with Crippen molar-refractivity contribution in [3.05, 3.63) is 36.4 Å². The number of fused-ring (bicyclic) bond motifs is 2. The molecule has 22 heavy (non-hydrogen) atoms. The third-order valence-electron chi connectivity index (χ3n) is 3.24. The molecule has 3 N–H and O–H groups in total. The number of nitrogen functional groups attached to an aromatic ring is 1. The van der Waals surface area contributed by atoms with Gasteiger partial charge in [0.15, 0.2) is 10.3 Å². The number of rotatable bonds is 3. The van der Waals surface area contributed by atoms with Gasteiger partial charge in [-0.2, -0.15) is 0 Å². The van der Waals surface area contributed by atoms with E-state index in [0.717, 1.165) is 36.4 Å². The first-order chi connectivity index (χ1) is 10.7. The second-order valence-corrected chi connectivity index (χ2v) is 6.76. The van der Waals surface area contributed by atoms with Gasteiger partial charge in [0, 0.05) is 6.07 Å². The number of benzene rings is 2. The van der Waals surface area contributed by atoms with E-state index < -0.39 is 0 Å². The highest BCUT2D eigenvalue weighted by atomic mass is 32.1. The van der Waals surface area contributed by atoms with Crippen molar-refractivity contribution in [1.82, 2.24) is 9.97 Å². The Hall–Kier alpha value is -2.38. The van der Waals surface area contributed by atoms with E-state index in [-0.39, 0.29) is 0 Å². The molecule has 0 unspecified atom stereocenters. The Labute approximate surface area is 134 Å². The number of nitrogens with two attached hydrogens (primary N) is 1. The van der Waals surface area contributed by atoms with Gasteiger partial charge in [0.05, 0.1) is 27.7 Å². The minimum Gasteiger partial charge on any atom is -0.497 e. The molecule has 0 spiro atoms. The number of hydrogen-bond acceptors (Lipinski definition) is 7. The molecule has 0 atom stereocenters. The number of methoxy groups -OCH3 is 1. The van der Waals surface area contributed by atoms with Crippen molar-refractivity contribution in [3.8, 4) is 5.75 Å². The van der Waals surface area contributed by atoms with E-state index in [4.69, 9.17) is 10.5 Å². The molecule has 7 heteroatoms. The van der Waals surface area contributed by atoms with E-state index in [0.29, 0.717) is 5.69 Å². The van der Waals surface area contributed by atoms with Crippen molar-refractivity contribution >= 4 is 59.1 Å². The summed E-state index contributed by atoms with van der Waals surface area (Å²) in [6, 6.07) is 11.8. The van der Waals surface area contributed by atoms with E-state index in [2.05, 4.69) is 21.4 Å². The lowest BCUT2D eigenvalue weighted by Crippen LogP contribution is -1.90. The van der Waals surface area contributed by atoms with Gasteiger partial charge in [-0.15, -0.1) is 0 Å². The molecule has 110 valence electrons. The van der Waals surface area contributed by atoms with Crippen LogP contribution in [0.4, 0.5) is 16.0 Å². The van der Waals surface area contributed by atoms with E-state index >= 15 is 0 Å². The van der Waals surface area contributed by atoms with E-state index in [9.17, 15) is 0 Å². The fourth-order valence-corrected chi connectivity index (χ4v) is 4.08. The number of thiazole rings is 2. The molecule has 2 aromatic carbocycles. The third-order valence-corrected chi connectivity index (χ3v) is 5.11. The average Bonchev–Trinajstić information content (AvgIpc) is 3.10. The molecule has 0 bridgehead atoms. The van der Waals surface area contributed by atoms with Gasteiger partial charge < -0.3 is 15.8 Å². The fraction of sp³-hybridized carbons (Fsp3) is 0.0667. The first kappa shape index (κ1) is 13.3. The van der Waals surface area contributed by atoms with Gasteiger partial charge in [0.1, 0.15) is 11.3 Å². The summed E-state index contributed by atoms with van der Waals surface area (Å²) >= 11 is 3.13. The number of ether oxygens (including phenoxy) is 1. The van der Waals surface area contributed by atoms with Crippen molar-refractivity contribution in [2.75, 3.05) is 18.2 Å². The summed E-state index contributed by atoms with van der Waals surface area (Å²) in [6.45, 7) is 0. The molecule has 0 radical (unpaired) electrons. The van der Waals surface area contributed by atoms with Crippen molar-refractivity contribution in [2.45, 2.75) is 0 Å². The summed E-state index contributed by atoms with van der Waals surface area (Å²) in [4.78, 5) is 9.10. The second kappa shape index (κ2) is 5.11. The summed E-state index contributed by atoms with van der Waals surface area (Å²) in [5, 5.41) is 4.86. The standard InChI is InChI=1S/C15H12N4OS2/c1-20-8-6-9(16)13-12(7-8)22-15(18-13)19-14-17-10-4-2-3-5-11(10)21-14/h2-7H,16H2,1H3,(H,17,18,19). The molecule has 4 rings (SSSR count). The van der Waals surface area contributed by atoms with Crippen molar-refractivity contribution in [3.63, 3.8) is 0 Å². The minimum absolute atomic E-state index is 0.614. The number of hydrogen-bond donors (Lipinski definition) is 2. The third kappa shape index (κ3) is 2.24. The zero-order valence-electron chi connectivity index (χ0n) is 11.7. The van der Waals surface area contributed by atoms with E-state index in [1.54, 1.807) is 24.5 Å². The van der Waals surface area contributed by atoms with Crippen molar-refractivity contribution < 1.29 is 4.74 Å². The van der Waals surface area contributed by atoms with Crippen LogP contribution in [-0.4, -0.2) is 17.1 Å². The summed E-state index contributed by atoms with van der Waals surface area (Å²) in [5.74, 6) is 0.736. The lowest BCUT2D eigenvalue weighted by molar-refractivity contribution is 0.415. The van der Waals surface area contributed by atoms with Crippen LogP contribution in [0.25, 0.3) is 20.4 Å². The van der Waals surface area contributed by atoms with Crippen LogP contribution in [0.5, 0.6) is 5.75 Å². The average molecular weight is 328 g/mol. The first-order valence-corrected chi connectivity index (χ1v) is 8.23. The molecule has 0 fully saturated rings. The van der Waals surface area contributed by atoms with Gasteiger partial charge in [0.25, 0.3) is 0 Å². The van der Waals surface area contributed by atoms with Crippen LogP contribution in [0.3, 0.4) is 0 Å². The Morgan fingerprint density at radius 2 is 1.82 bits per heavy atom. The highest BCUT2D eigenvalue weighted by Gasteiger charge is 2.11. The fourth-order valence-electron chi connectivity index (χ4n) is 2.22. The molecule has 0 saturated carbocycles. The Kier molecular flexibility index (Phi) is 3.09. The summed E-state index contributed by atoms with van der Waals surface area (Å²) in [6.07, 6.45) is 0.